The van der Waals surface area contributed by atoms with E-state index in [0.29, 0.717) is 6.42 Å². The molecule has 2 heterocycles. The fraction of sp³-hybridized carbons (Fsp3) is 0.796. The van der Waals surface area contributed by atoms with Gasteiger partial charge in [-0.15, -0.1) is 0 Å². The number of unbranched alkanes of at least 4 members (excludes halogenated alkanes) is 19. The molecule has 12 atom stereocenters. The van der Waals surface area contributed by atoms with Crippen molar-refractivity contribution in [1.29, 1.82) is 0 Å². The third-order valence-electron chi connectivity index (χ3n) is 12.7. The first-order valence-electron chi connectivity index (χ1n) is 26.5. The van der Waals surface area contributed by atoms with Crippen LogP contribution in [0.4, 0.5) is 0 Å². The molecule has 2 fully saturated rings. The maximum Gasteiger partial charge on any atom is 0.220 e. The van der Waals surface area contributed by atoms with E-state index in [2.05, 4.69) is 60.8 Å². The maximum absolute atomic E-state index is 13.0. The van der Waals surface area contributed by atoms with Crippen molar-refractivity contribution in [3.8, 4) is 0 Å². The second-order valence-electron chi connectivity index (χ2n) is 18.6. The van der Waals surface area contributed by atoms with E-state index < -0.39 is 86.8 Å². The standard InChI is InChI=1S/C54H95NO13/c1-3-5-7-8-9-10-11-12-13-14-15-16-17-18-19-20-21-22-23-24-25-26-27-28-29-30-31-32-33-34-36-38-46(59)55-42(43(58)37-35-6-4-2)41-65-53-51(64)49(62)52(45(40-57)67-53)68-54-50(63)48(61)47(60)44(39-56)66-54/h5,7,9-10,12-13,15-16,35,37,42-45,47-54,56-58,60-64H,3-4,6,8,11,14,17-34,36,38-41H2,1-2H3,(H,55,59)/b7-5-,10-9-,13-12-,16-15-,37-35+. The summed E-state index contributed by atoms with van der Waals surface area (Å²) in [6, 6.07) is -0.910. The number of hydrogen-bond acceptors (Lipinski definition) is 13. The van der Waals surface area contributed by atoms with Crippen molar-refractivity contribution in [2.75, 3.05) is 19.8 Å². The number of aliphatic hydroxyl groups is 8. The Bertz CT molecular complexity index is 1370. The van der Waals surface area contributed by atoms with E-state index in [1.54, 1.807) is 6.08 Å². The zero-order valence-corrected chi connectivity index (χ0v) is 41.8. The molecule has 0 aliphatic carbocycles. The molecule has 9 N–H and O–H groups in total. The van der Waals surface area contributed by atoms with Crippen LogP contribution in [-0.2, 0) is 23.7 Å². The van der Waals surface area contributed by atoms with Gasteiger partial charge in [0.25, 0.3) is 0 Å². The van der Waals surface area contributed by atoms with Crippen LogP contribution < -0.4 is 5.32 Å². The van der Waals surface area contributed by atoms with Gasteiger partial charge in [0.15, 0.2) is 12.6 Å². The van der Waals surface area contributed by atoms with Crippen LogP contribution in [0.1, 0.15) is 181 Å². The molecule has 0 aromatic carbocycles. The molecule has 2 aliphatic rings. The van der Waals surface area contributed by atoms with Crippen molar-refractivity contribution in [1.82, 2.24) is 5.32 Å². The van der Waals surface area contributed by atoms with Crippen LogP contribution in [0.15, 0.2) is 60.8 Å². The number of amides is 1. The monoisotopic (exact) mass is 966 g/mol. The number of rotatable bonds is 40. The van der Waals surface area contributed by atoms with Crippen LogP contribution in [0.25, 0.3) is 0 Å². The molecule has 0 saturated carbocycles. The average molecular weight is 966 g/mol. The predicted octanol–water partition coefficient (Wildman–Crippen LogP) is 7.44. The van der Waals surface area contributed by atoms with Gasteiger partial charge in [-0.25, -0.2) is 0 Å². The summed E-state index contributed by atoms with van der Waals surface area (Å²) in [7, 11) is 0. The van der Waals surface area contributed by atoms with Crippen LogP contribution in [0.2, 0.25) is 0 Å². The Hall–Kier alpha value is -2.31. The van der Waals surface area contributed by atoms with E-state index in [-0.39, 0.29) is 18.9 Å². The van der Waals surface area contributed by atoms with E-state index in [9.17, 15) is 45.6 Å². The third-order valence-corrected chi connectivity index (χ3v) is 12.7. The molecule has 2 aliphatic heterocycles. The van der Waals surface area contributed by atoms with Crippen LogP contribution in [0, 0.1) is 0 Å². The summed E-state index contributed by atoms with van der Waals surface area (Å²) >= 11 is 0. The number of carbonyl (C=O) groups excluding carboxylic acids is 1. The molecule has 14 nitrogen and oxygen atoms in total. The number of ether oxygens (including phenoxy) is 4. The Labute approximate surface area is 409 Å². The average Bonchev–Trinajstić information content (AvgIpc) is 3.33. The van der Waals surface area contributed by atoms with Gasteiger partial charge < -0.3 is 65.1 Å². The molecule has 14 heteroatoms. The molecule has 0 aromatic heterocycles. The first kappa shape index (κ1) is 61.8. The van der Waals surface area contributed by atoms with E-state index in [4.69, 9.17) is 18.9 Å². The van der Waals surface area contributed by atoms with Crippen molar-refractivity contribution in [2.24, 2.45) is 0 Å². The summed E-state index contributed by atoms with van der Waals surface area (Å²) in [5.74, 6) is -0.253. The number of carbonyl (C=O) groups is 1. The van der Waals surface area contributed by atoms with E-state index >= 15 is 0 Å². The van der Waals surface area contributed by atoms with Crippen LogP contribution in [0.3, 0.4) is 0 Å². The normalized spacial score (nSPS) is 26.9. The van der Waals surface area contributed by atoms with Gasteiger partial charge in [0.05, 0.1) is 32.0 Å². The Morgan fingerprint density at radius 3 is 1.53 bits per heavy atom. The summed E-state index contributed by atoms with van der Waals surface area (Å²) < 4.78 is 22.5. The molecule has 68 heavy (non-hydrogen) atoms. The minimum atomic E-state index is -1.79. The van der Waals surface area contributed by atoms with E-state index in [1.165, 1.54) is 96.3 Å². The molecule has 2 rings (SSSR count). The minimum Gasteiger partial charge on any atom is -0.394 e. The fourth-order valence-corrected chi connectivity index (χ4v) is 8.41. The van der Waals surface area contributed by atoms with E-state index in [0.717, 1.165) is 57.8 Å². The van der Waals surface area contributed by atoms with Gasteiger partial charge in [-0.1, -0.05) is 184 Å². The second kappa shape index (κ2) is 40.3. The summed E-state index contributed by atoms with van der Waals surface area (Å²) in [5.41, 5.74) is 0. The largest absolute Gasteiger partial charge is 0.394 e. The van der Waals surface area contributed by atoms with Gasteiger partial charge in [-0.3, -0.25) is 4.79 Å². The summed E-state index contributed by atoms with van der Waals surface area (Å²) in [6.45, 7) is 2.44. The molecule has 2 saturated heterocycles. The highest BCUT2D eigenvalue weighted by molar-refractivity contribution is 5.76. The number of nitrogens with one attached hydrogen (secondary N) is 1. The topological polar surface area (TPSA) is 228 Å². The highest BCUT2D eigenvalue weighted by atomic mass is 16.7. The lowest BCUT2D eigenvalue weighted by molar-refractivity contribution is -0.359. The molecule has 0 spiro atoms. The van der Waals surface area contributed by atoms with Gasteiger partial charge in [-0.2, -0.15) is 0 Å². The number of aliphatic hydroxyl groups excluding tert-OH is 8. The van der Waals surface area contributed by atoms with Crippen LogP contribution >= 0.6 is 0 Å². The quantitative estimate of drug-likeness (QED) is 0.0215. The molecule has 1 amide bonds. The SMILES string of the molecule is CC/C=C\C/C=C\C/C=C\C/C=C\CCCCCCCCCCCCCCCCCCCCC(=O)NC(COC1OC(CO)C(OC2OC(CO)C(O)C(O)C2O)C(O)C1O)C(O)/C=C/CCC. The van der Waals surface area contributed by atoms with Crippen LogP contribution in [-0.4, -0.2) is 140 Å². The fourth-order valence-electron chi connectivity index (χ4n) is 8.41. The summed E-state index contributed by atoms with van der Waals surface area (Å²) in [6.07, 6.45) is 34.0. The van der Waals surface area contributed by atoms with Crippen molar-refractivity contribution in [3.05, 3.63) is 60.8 Å². The van der Waals surface area contributed by atoms with Gasteiger partial charge in [-0.05, 0) is 51.4 Å². The zero-order valence-electron chi connectivity index (χ0n) is 41.8. The molecular formula is C54H95NO13. The molecule has 12 unspecified atom stereocenters. The molecule has 394 valence electrons. The Kier molecular flexibility index (Phi) is 36.6. The summed E-state index contributed by atoms with van der Waals surface area (Å²) in [5, 5.41) is 85.9. The van der Waals surface area contributed by atoms with E-state index in [1.807, 2.05) is 13.0 Å². The second-order valence-corrected chi connectivity index (χ2v) is 18.6. The first-order valence-corrected chi connectivity index (χ1v) is 26.5. The van der Waals surface area contributed by atoms with Crippen molar-refractivity contribution in [3.63, 3.8) is 0 Å². The van der Waals surface area contributed by atoms with Crippen molar-refractivity contribution >= 4 is 5.91 Å². The molecule has 0 aromatic rings. The van der Waals surface area contributed by atoms with Crippen molar-refractivity contribution < 1.29 is 64.6 Å². The highest BCUT2D eigenvalue weighted by Crippen LogP contribution is 2.30. The Morgan fingerprint density at radius 2 is 1.01 bits per heavy atom. The third kappa shape index (κ3) is 26.8. The van der Waals surface area contributed by atoms with Gasteiger partial charge in [0, 0.05) is 6.42 Å². The smallest absolute Gasteiger partial charge is 0.220 e. The van der Waals surface area contributed by atoms with Crippen molar-refractivity contribution in [2.45, 2.75) is 254 Å². The summed E-state index contributed by atoms with van der Waals surface area (Å²) in [4.78, 5) is 13.0. The zero-order chi connectivity index (χ0) is 49.6. The predicted molar refractivity (Wildman–Crippen MR) is 267 cm³/mol. The van der Waals surface area contributed by atoms with Gasteiger partial charge in [0.2, 0.25) is 5.91 Å². The Morgan fingerprint density at radius 1 is 0.544 bits per heavy atom. The van der Waals surface area contributed by atoms with Gasteiger partial charge >= 0.3 is 0 Å². The number of allylic oxidation sites excluding steroid dienone is 9. The Balaban J connectivity index is 1.53. The lowest BCUT2D eigenvalue weighted by Crippen LogP contribution is -2.65. The lowest BCUT2D eigenvalue weighted by atomic mass is 9.97. The maximum atomic E-state index is 13.0. The molecule has 0 bridgehead atoms. The van der Waals surface area contributed by atoms with Crippen LogP contribution in [0.5, 0.6) is 0 Å². The lowest BCUT2D eigenvalue weighted by Gasteiger charge is -2.46. The molecule has 0 radical (unpaired) electrons. The molecular weight excluding hydrogens is 871 g/mol. The number of hydrogen-bond donors (Lipinski definition) is 9. The van der Waals surface area contributed by atoms with Gasteiger partial charge in [0.1, 0.15) is 48.8 Å². The first-order chi connectivity index (χ1) is 33.1. The minimum absolute atomic E-state index is 0.253. The highest BCUT2D eigenvalue weighted by Gasteiger charge is 2.51.